The summed E-state index contributed by atoms with van der Waals surface area (Å²) in [4.78, 5) is 0. The Hall–Kier alpha value is -0.200. The third kappa shape index (κ3) is 10.1. The van der Waals surface area contributed by atoms with Gasteiger partial charge in [0.05, 0.1) is 13.2 Å². The van der Waals surface area contributed by atoms with E-state index in [-0.39, 0.29) is 0 Å². The molecular formula is C10H25N3O2. The van der Waals surface area contributed by atoms with E-state index in [0.717, 1.165) is 26.1 Å². The summed E-state index contributed by atoms with van der Waals surface area (Å²) < 4.78 is 11.0. The summed E-state index contributed by atoms with van der Waals surface area (Å²) in [5.41, 5.74) is 10.7. The molecule has 0 amide bonds. The fourth-order valence-corrected chi connectivity index (χ4v) is 1.07. The Morgan fingerprint density at radius 1 is 1.00 bits per heavy atom. The number of nitrogens with two attached hydrogens (primary N) is 2. The van der Waals surface area contributed by atoms with Crippen molar-refractivity contribution in [3.05, 3.63) is 0 Å². The van der Waals surface area contributed by atoms with Crippen molar-refractivity contribution >= 4 is 0 Å². The quantitative estimate of drug-likeness (QED) is 0.346. The normalized spacial score (nSPS) is 12.0. The molecule has 0 rings (SSSR count). The molecule has 92 valence electrons. The summed E-state index contributed by atoms with van der Waals surface area (Å²) >= 11 is 0. The molecular weight excluding hydrogens is 194 g/mol. The van der Waals surface area contributed by atoms with E-state index in [0.29, 0.717) is 19.8 Å². The second-order valence-corrected chi connectivity index (χ2v) is 3.78. The van der Waals surface area contributed by atoms with Gasteiger partial charge in [-0.05, 0) is 33.4 Å². The monoisotopic (exact) mass is 219 g/mol. The summed E-state index contributed by atoms with van der Waals surface area (Å²) in [6.45, 7) is 7.92. The maximum atomic E-state index is 5.54. The molecule has 0 radical (unpaired) electrons. The molecule has 0 aromatic rings. The van der Waals surface area contributed by atoms with E-state index in [4.69, 9.17) is 20.9 Å². The molecule has 0 aliphatic rings. The predicted molar refractivity (Wildman–Crippen MR) is 61.6 cm³/mol. The SMILES string of the molecule is CC(C)(OCCN)OCCNCCCN. The smallest absolute Gasteiger partial charge is 0.162 e. The molecule has 0 aromatic carbocycles. The van der Waals surface area contributed by atoms with E-state index in [1.807, 2.05) is 13.8 Å². The zero-order chi connectivity index (χ0) is 11.6. The molecule has 0 spiro atoms. The van der Waals surface area contributed by atoms with Crippen LogP contribution in [0.15, 0.2) is 0 Å². The Morgan fingerprint density at radius 2 is 1.67 bits per heavy atom. The molecule has 0 saturated carbocycles. The van der Waals surface area contributed by atoms with Crippen molar-refractivity contribution < 1.29 is 9.47 Å². The van der Waals surface area contributed by atoms with E-state index in [1.165, 1.54) is 0 Å². The fourth-order valence-electron chi connectivity index (χ4n) is 1.07. The van der Waals surface area contributed by atoms with E-state index >= 15 is 0 Å². The lowest BCUT2D eigenvalue weighted by atomic mass is 10.4. The first-order valence-corrected chi connectivity index (χ1v) is 5.51. The van der Waals surface area contributed by atoms with E-state index in [2.05, 4.69) is 5.32 Å². The number of hydrogen-bond acceptors (Lipinski definition) is 5. The molecule has 15 heavy (non-hydrogen) atoms. The first-order chi connectivity index (χ1) is 7.12. The Labute approximate surface area is 92.5 Å². The second kappa shape index (κ2) is 9.06. The minimum Gasteiger partial charge on any atom is -0.349 e. The summed E-state index contributed by atoms with van der Waals surface area (Å²) in [6, 6.07) is 0. The Bertz CT molecular complexity index is 143. The van der Waals surface area contributed by atoms with Crippen LogP contribution in [-0.4, -0.2) is 45.2 Å². The van der Waals surface area contributed by atoms with E-state index in [1.54, 1.807) is 0 Å². The van der Waals surface area contributed by atoms with Gasteiger partial charge in [0.2, 0.25) is 0 Å². The van der Waals surface area contributed by atoms with Crippen LogP contribution in [-0.2, 0) is 9.47 Å². The maximum absolute atomic E-state index is 5.54. The van der Waals surface area contributed by atoms with Crippen LogP contribution in [0.5, 0.6) is 0 Å². The largest absolute Gasteiger partial charge is 0.349 e. The van der Waals surface area contributed by atoms with Crippen molar-refractivity contribution in [3.63, 3.8) is 0 Å². The Kier molecular flexibility index (Phi) is 8.94. The van der Waals surface area contributed by atoms with Crippen molar-refractivity contribution in [3.8, 4) is 0 Å². The average molecular weight is 219 g/mol. The van der Waals surface area contributed by atoms with Gasteiger partial charge in [0.15, 0.2) is 5.79 Å². The maximum Gasteiger partial charge on any atom is 0.162 e. The molecule has 5 heteroatoms. The molecule has 5 N–H and O–H groups in total. The van der Waals surface area contributed by atoms with Gasteiger partial charge >= 0.3 is 0 Å². The highest BCUT2D eigenvalue weighted by atomic mass is 16.7. The summed E-state index contributed by atoms with van der Waals surface area (Å²) in [5, 5.41) is 3.23. The van der Waals surface area contributed by atoms with Gasteiger partial charge in [-0.2, -0.15) is 0 Å². The topological polar surface area (TPSA) is 82.5 Å². The van der Waals surface area contributed by atoms with Crippen LogP contribution < -0.4 is 16.8 Å². The first kappa shape index (κ1) is 14.8. The van der Waals surface area contributed by atoms with Crippen LogP contribution in [0.2, 0.25) is 0 Å². The van der Waals surface area contributed by atoms with Crippen molar-refractivity contribution in [2.24, 2.45) is 11.5 Å². The second-order valence-electron chi connectivity index (χ2n) is 3.78. The fraction of sp³-hybridized carbons (Fsp3) is 1.00. The lowest BCUT2D eigenvalue weighted by molar-refractivity contribution is -0.210. The van der Waals surface area contributed by atoms with Crippen LogP contribution in [0.25, 0.3) is 0 Å². The van der Waals surface area contributed by atoms with Crippen molar-refractivity contribution in [2.45, 2.75) is 26.1 Å². The lowest BCUT2D eigenvalue weighted by Crippen LogP contribution is -2.34. The van der Waals surface area contributed by atoms with E-state index in [9.17, 15) is 0 Å². The number of ether oxygens (including phenoxy) is 2. The molecule has 0 atom stereocenters. The van der Waals surface area contributed by atoms with Crippen LogP contribution in [0.3, 0.4) is 0 Å². The Balaban J connectivity index is 3.32. The third-order valence-electron chi connectivity index (χ3n) is 1.85. The highest BCUT2D eigenvalue weighted by molar-refractivity contribution is 4.55. The van der Waals surface area contributed by atoms with Gasteiger partial charge in [-0.3, -0.25) is 0 Å². The van der Waals surface area contributed by atoms with Crippen molar-refractivity contribution in [2.75, 3.05) is 39.4 Å². The number of rotatable bonds is 10. The van der Waals surface area contributed by atoms with Gasteiger partial charge in [0.1, 0.15) is 0 Å². The van der Waals surface area contributed by atoms with Gasteiger partial charge in [-0.15, -0.1) is 0 Å². The minimum absolute atomic E-state index is 0.515. The molecule has 0 unspecified atom stereocenters. The zero-order valence-electron chi connectivity index (χ0n) is 9.92. The molecule has 0 aliphatic heterocycles. The average Bonchev–Trinajstić information content (AvgIpc) is 2.20. The van der Waals surface area contributed by atoms with Gasteiger partial charge in [0.25, 0.3) is 0 Å². The van der Waals surface area contributed by atoms with Crippen molar-refractivity contribution in [1.82, 2.24) is 5.32 Å². The van der Waals surface area contributed by atoms with E-state index < -0.39 is 5.79 Å². The highest BCUT2D eigenvalue weighted by Gasteiger charge is 2.17. The Morgan fingerprint density at radius 3 is 2.27 bits per heavy atom. The number of hydrogen-bond donors (Lipinski definition) is 3. The molecule has 0 aromatic heterocycles. The summed E-state index contributed by atoms with van der Waals surface area (Å²) in [5.74, 6) is -0.547. The molecule has 5 nitrogen and oxygen atoms in total. The lowest BCUT2D eigenvalue weighted by Gasteiger charge is -2.25. The number of nitrogens with one attached hydrogen (secondary N) is 1. The van der Waals surface area contributed by atoms with Crippen molar-refractivity contribution in [1.29, 1.82) is 0 Å². The van der Waals surface area contributed by atoms with Gasteiger partial charge in [0, 0.05) is 13.1 Å². The van der Waals surface area contributed by atoms with Gasteiger partial charge in [-0.25, -0.2) is 0 Å². The minimum atomic E-state index is -0.547. The predicted octanol–water partition coefficient (Wildman–Crippen LogP) is -0.347. The standard InChI is InChI=1S/C10H25N3O2/c1-10(2,14-8-5-12)15-9-7-13-6-3-4-11/h13H,3-9,11-12H2,1-2H3. The zero-order valence-corrected chi connectivity index (χ0v) is 9.92. The van der Waals surface area contributed by atoms with Crippen LogP contribution in [0.4, 0.5) is 0 Å². The third-order valence-corrected chi connectivity index (χ3v) is 1.85. The summed E-state index contributed by atoms with van der Waals surface area (Å²) in [6.07, 6.45) is 0.993. The van der Waals surface area contributed by atoms with Crippen LogP contribution >= 0.6 is 0 Å². The molecule has 0 fully saturated rings. The van der Waals surface area contributed by atoms with Crippen LogP contribution in [0.1, 0.15) is 20.3 Å². The van der Waals surface area contributed by atoms with Crippen LogP contribution in [0, 0.1) is 0 Å². The molecule has 0 saturated heterocycles. The summed E-state index contributed by atoms with van der Waals surface area (Å²) in [7, 11) is 0. The van der Waals surface area contributed by atoms with Gasteiger partial charge < -0.3 is 26.3 Å². The molecule has 0 aliphatic carbocycles. The van der Waals surface area contributed by atoms with Gasteiger partial charge in [-0.1, -0.05) is 0 Å². The first-order valence-electron chi connectivity index (χ1n) is 5.51. The highest BCUT2D eigenvalue weighted by Crippen LogP contribution is 2.09. The molecule has 0 heterocycles. The molecule has 0 bridgehead atoms.